The van der Waals surface area contributed by atoms with Crippen LogP contribution in [0.3, 0.4) is 0 Å². The molecular weight excluding hydrogens is 853 g/mol. The molecule has 15 rings (SSSR count). The third kappa shape index (κ3) is 5.97. The van der Waals surface area contributed by atoms with Gasteiger partial charge in [0.25, 0.3) is 0 Å². The van der Waals surface area contributed by atoms with Gasteiger partial charge in [0.05, 0.1) is 22.1 Å². The number of benzene rings is 10. The van der Waals surface area contributed by atoms with Crippen molar-refractivity contribution >= 4 is 144 Å². The van der Waals surface area contributed by atoms with Crippen molar-refractivity contribution in [2.24, 2.45) is 0 Å². The van der Waals surface area contributed by atoms with E-state index in [4.69, 9.17) is 33.2 Å². The Labute approximate surface area is 391 Å². The third-order valence-electron chi connectivity index (χ3n) is 13.5. The molecule has 5 heterocycles. The van der Waals surface area contributed by atoms with Crippen LogP contribution in [0.4, 0.5) is 34.6 Å². The maximum absolute atomic E-state index is 6.64. The number of furan rings is 3. The fourth-order valence-electron chi connectivity index (χ4n) is 10.1. The minimum absolute atomic E-state index is 0.385. The van der Waals surface area contributed by atoms with Gasteiger partial charge in [0.2, 0.25) is 23.3 Å². The van der Waals surface area contributed by atoms with E-state index < -0.39 is 0 Å². The summed E-state index contributed by atoms with van der Waals surface area (Å²) < 4.78 is 19.4. The molecular formula is C60H34N6O3. The number of anilines is 6. The highest BCUT2D eigenvalue weighted by Crippen LogP contribution is 2.42. The van der Waals surface area contributed by atoms with Gasteiger partial charge in [0.15, 0.2) is 0 Å². The first-order valence-electron chi connectivity index (χ1n) is 22.8. The van der Waals surface area contributed by atoms with Crippen LogP contribution < -0.4 is 9.80 Å². The number of para-hydroxylation sites is 2. The first-order chi connectivity index (χ1) is 34.1. The number of nitrogens with zero attached hydrogens (tertiary/aromatic N) is 6. The predicted molar refractivity (Wildman–Crippen MR) is 279 cm³/mol. The predicted octanol–water partition coefficient (Wildman–Crippen LogP) is 16.5. The molecule has 0 aliphatic heterocycles. The lowest BCUT2D eigenvalue weighted by Crippen LogP contribution is -2.13. The molecule has 0 spiro atoms. The first-order valence-corrected chi connectivity index (χ1v) is 22.8. The molecule has 0 unspecified atom stereocenters. The average Bonchev–Trinajstić information content (AvgIpc) is 4.08. The summed E-state index contributed by atoms with van der Waals surface area (Å²) in [4.78, 5) is 24.5. The van der Waals surface area contributed by atoms with Crippen LogP contribution in [-0.2, 0) is 0 Å². The molecule has 0 aliphatic carbocycles. The van der Waals surface area contributed by atoms with Crippen molar-refractivity contribution in [3.63, 3.8) is 0 Å². The fraction of sp³-hybridized carbons (Fsp3) is 0. The molecule has 9 heteroatoms. The normalized spacial score (nSPS) is 12.1. The number of fused-ring (bicyclic) bond motifs is 13. The van der Waals surface area contributed by atoms with Gasteiger partial charge in [-0.3, -0.25) is 9.80 Å². The fourth-order valence-corrected chi connectivity index (χ4v) is 10.1. The summed E-state index contributed by atoms with van der Waals surface area (Å²) >= 11 is 0. The lowest BCUT2D eigenvalue weighted by Gasteiger charge is -2.23. The molecule has 0 amide bonds. The lowest BCUT2D eigenvalue weighted by molar-refractivity contribution is 0.638. The van der Waals surface area contributed by atoms with Crippen LogP contribution in [0.1, 0.15) is 0 Å². The van der Waals surface area contributed by atoms with E-state index in [2.05, 4.69) is 158 Å². The van der Waals surface area contributed by atoms with Crippen molar-refractivity contribution in [1.82, 2.24) is 19.9 Å². The smallest absolute Gasteiger partial charge is 0.237 e. The first kappa shape index (κ1) is 37.6. The Balaban J connectivity index is 0.887. The standard InChI is InChI=1S/C60H34N6O3/c1-3-11-37-27-41-29-43(19-17-39(41)25-35(37)9-1)65(45-21-23-49-47-13-5-7-15-53(47)67-55(49)31-45)59-61-33-51-52-34-62-60(64-58(52)69-57(51)63-59)66(46-22-24-50-48-14-6-8-16-54(48)68-56(50)32-46)44-20-18-40-26-36-10-2-4-12-38(36)28-42(40)30-44/h1-34H. The van der Waals surface area contributed by atoms with Gasteiger partial charge in [-0.2, -0.15) is 9.97 Å². The second-order valence-electron chi connectivity index (χ2n) is 17.6. The molecule has 322 valence electrons. The van der Waals surface area contributed by atoms with Gasteiger partial charge in [0.1, 0.15) is 22.3 Å². The molecule has 0 radical (unpaired) electrons. The summed E-state index contributed by atoms with van der Waals surface area (Å²) in [5.74, 6) is 0.851. The Morgan fingerprint density at radius 3 is 1.10 bits per heavy atom. The van der Waals surface area contributed by atoms with E-state index in [1.165, 1.54) is 21.5 Å². The molecule has 0 atom stereocenters. The monoisotopic (exact) mass is 886 g/mol. The summed E-state index contributed by atoms with van der Waals surface area (Å²) in [5.41, 5.74) is 7.39. The molecule has 0 saturated heterocycles. The SMILES string of the molecule is c1ccc2cc3cc(N(c4ccc5c(c4)oc4ccccc45)c4ncc5c(n4)oc4nc(N(c6ccc7cc8ccccc8cc7c6)c6ccc7c(c6)oc6ccccc67)ncc45)ccc3cc2c1. The van der Waals surface area contributed by atoms with Crippen molar-refractivity contribution < 1.29 is 13.3 Å². The van der Waals surface area contributed by atoms with Crippen LogP contribution in [-0.4, -0.2) is 19.9 Å². The number of rotatable bonds is 6. The Morgan fingerprint density at radius 2 is 0.638 bits per heavy atom. The molecule has 0 saturated carbocycles. The highest BCUT2D eigenvalue weighted by atomic mass is 16.4. The van der Waals surface area contributed by atoms with E-state index in [0.717, 1.165) is 88.2 Å². The molecule has 10 aromatic carbocycles. The van der Waals surface area contributed by atoms with E-state index in [1.54, 1.807) is 12.4 Å². The summed E-state index contributed by atoms with van der Waals surface area (Å²) in [6.07, 6.45) is 3.60. The van der Waals surface area contributed by atoms with Crippen LogP contribution in [0.2, 0.25) is 0 Å². The Hall–Kier alpha value is -9.60. The van der Waals surface area contributed by atoms with Gasteiger partial charge in [0, 0.05) is 57.4 Å². The van der Waals surface area contributed by atoms with Crippen molar-refractivity contribution in [2.45, 2.75) is 0 Å². The molecule has 0 aliphatic rings. The van der Waals surface area contributed by atoms with E-state index in [1.807, 2.05) is 46.2 Å². The van der Waals surface area contributed by atoms with E-state index >= 15 is 0 Å². The van der Waals surface area contributed by atoms with Gasteiger partial charge in [-0.05, 0) is 128 Å². The maximum atomic E-state index is 6.64. The Kier molecular flexibility index (Phi) is 7.87. The van der Waals surface area contributed by atoms with Crippen LogP contribution in [0.15, 0.2) is 220 Å². The molecule has 69 heavy (non-hydrogen) atoms. The zero-order chi connectivity index (χ0) is 45.2. The van der Waals surface area contributed by atoms with Crippen molar-refractivity contribution in [3.8, 4) is 0 Å². The highest BCUT2D eigenvalue weighted by molar-refractivity contribution is 6.09. The Morgan fingerprint density at radius 1 is 0.275 bits per heavy atom. The number of hydrogen-bond acceptors (Lipinski definition) is 9. The van der Waals surface area contributed by atoms with Crippen molar-refractivity contribution in [2.75, 3.05) is 9.80 Å². The van der Waals surface area contributed by atoms with Crippen LogP contribution >= 0.6 is 0 Å². The number of hydrogen-bond donors (Lipinski definition) is 0. The zero-order valence-corrected chi connectivity index (χ0v) is 36.5. The zero-order valence-electron chi connectivity index (χ0n) is 36.5. The van der Waals surface area contributed by atoms with Gasteiger partial charge in [-0.1, -0.05) is 97.1 Å². The van der Waals surface area contributed by atoms with Crippen LogP contribution in [0, 0.1) is 0 Å². The second kappa shape index (κ2) is 14.4. The van der Waals surface area contributed by atoms with Crippen LogP contribution in [0.5, 0.6) is 0 Å². The molecule has 0 fully saturated rings. The summed E-state index contributed by atoms with van der Waals surface area (Å²) in [5, 5.41) is 14.8. The molecule has 0 N–H and O–H groups in total. The average molecular weight is 887 g/mol. The number of aromatic nitrogens is 4. The highest BCUT2D eigenvalue weighted by Gasteiger charge is 2.24. The van der Waals surface area contributed by atoms with Crippen molar-refractivity contribution in [3.05, 3.63) is 207 Å². The van der Waals surface area contributed by atoms with E-state index in [-0.39, 0.29) is 0 Å². The molecule has 15 aromatic rings. The van der Waals surface area contributed by atoms with E-state index in [0.29, 0.717) is 34.1 Å². The minimum atomic E-state index is 0.385. The minimum Gasteiger partial charge on any atom is -0.456 e. The van der Waals surface area contributed by atoms with Gasteiger partial charge >= 0.3 is 0 Å². The Bertz CT molecular complexity index is 4320. The van der Waals surface area contributed by atoms with Gasteiger partial charge in [-0.25, -0.2) is 9.97 Å². The third-order valence-corrected chi connectivity index (χ3v) is 13.5. The van der Waals surface area contributed by atoms with Gasteiger partial charge in [-0.15, -0.1) is 0 Å². The lowest BCUT2D eigenvalue weighted by atomic mass is 10.0. The van der Waals surface area contributed by atoms with Crippen molar-refractivity contribution in [1.29, 1.82) is 0 Å². The second-order valence-corrected chi connectivity index (χ2v) is 17.6. The summed E-state index contributed by atoms with van der Waals surface area (Å²) in [6.45, 7) is 0. The largest absolute Gasteiger partial charge is 0.456 e. The van der Waals surface area contributed by atoms with E-state index in [9.17, 15) is 0 Å². The maximum Gasteiger partial charge on any atom is 0.237 e. The summed E-state index contributed by atoms with van der Waals surface area (Å²) in [6, 6.07) is 67.3. The summed E-state index contributed by atoms with van der Waals surface area (Å²) in [7, 11) is 0. The molecule has 0 bridgehead atoms. The van der Waals surface area contributed by atoms with Crippen LogP contribution in [0.25, 0.3) is 109 Å². The molecule has 9 nitrogen and oxygen atoms in total. The topological polar surface area (TPSA) is 97.5 Å². The quantitative estimate of drug-likeness (QED) is 0.151. The van der Waals surface area contributed by atoms with Gasteiger partial charge < -0.3 is 13.3 Å². The molecule has 5 aromatic heterocycles.